The Morgan fingerprint density at radius 3 is 1.82 bits per heavy atom. The number of ketones is 1. The van der Waals surface area contributed by atoms with Crippen molar-refractivity contribution in [3.05, 3.63) is 11.1 Å². The quantitative estimate of drug-likeness (QED) is 0.160. The van der Waals surface area contributed by atoms with Crippen LogP contribution in [0.2, 0.25) is 55.9 Å². The molecule has 3 aliphatic carbocycles. The van der Waals surface area contributed by atoms with Crippen LogP contribution in [0.4, 0.5) is 0 Å². The summed E-state index contributed by atoms with van der Waals surface area (Å²) >= 11 is 0. The topological polar surface area (TPSA) is 121 Å². The highest BCUT2D eigenvalue weighted by atomic mass is 28.4. The van der Waals surface area contributed by atoms with E-state index in [1.165, 1.54) is 6.92 Å². The van der Waals surface area contributed by atoms with Gasteiger partial charge in [-0.25, -0.2) is 0 Å². The van der Waals surface area contributed by atoms with Crippen molar-refractivity contribution in [2.75, 3.05) is 6.61 Å². The summed E-state index contributed by atoms with van der Waals surface area (Å²) in [6.45, 7) is 36.8. The van der Waals surface area contributed by atoms with Crippen molar-refractivity contribution in [3.8, 4) is 0 Å². The van der Waals surface area contributed by atoms with Crippen LogP contribution in [0.25, 0.3) is 0 Å². The van der Waals surface area contributed by atoms with Crippen molar-refractivity contribution in [1.82, 2.24) is 0 Å². The first-order chi connectivity index (χ1) is 21.7. The van der Waals surface area contributed by atoms with Crippen LogP contribution in [0, 0.1) is 16.7 Å². The highest BCUT2D eigenvalue weighted by molar-refractivity contribution is 6.74. The summed E-state index contributed by atoms with van der Waals surface area (Å²) in [5.74, 6) is -1.86. The fourth-order valence-corrected chi connectivity index (χ4v) is 12.1. The fraction of sp³-hybridized carbons (Fsp3) is 0.892. The number of hydrogen-bond acceptors (Lipinski definition) is 9. The van der Waals surface area contributed by atoms with Gasteiger partial charge in [0.25, 0.3) is 0 Å². The number of rotatable bonds is 7. The standard InChI is InChI=1S/C37H68O9Si3/c1-22-24(44-47(12,13)14)20-37(41)31(43-23(2)38)29-35(11,25(19-26-36(29,40)21-42-26)45-48(15,16)32(3,4)5)30(39)28(27(22)34(37,9)10)46-49(17,18)33(6,7)8/h24-26,28-29,31,40-41H,19-21H2,1-18H3/t24-,25-,26+,28+,29-,31-,35+,36-,37+/m0/s1. The molecule has 4 rings (SSSR count). The zero-order chi connectivity index (χ0) is 37.9. The van der Waals surface area contributed by atoms with Gasteiger partial charge in [0.05, 0.1) is 30.3 Å². The molecular formula is C37H68O9Si3. The minimum atomic E-state index is -2.65. The number of hydrogen-bond donors (Lipinski definition) is 2. The van der Waals surface area contributed by atoms with Crippen LogP contribution in [0.1, 0.15) is 89.0 Å². The molecule has 1 aliphatic heterocycles. The minimum Gasteiger partial charge on any atom is -0.459 e. The van der Waals surface area contributed by atoms with Crippen molar-refractivity contribution < 1.29 is 42.6 Å². The van der Waals surface area contributed by atoms with E-state index >= 15 is 4.79 Å². The van der Waals surface area contributed by atoms with E-state index in [0.29, 0.717) is 12.0 Å². The van der Waals surface area contributed by atoms with Crippen LogP contribution in [-0.4, -0.2) is 95.2 Å². The van der Waals surface area contributed by atoms with Crippen LogP contribution >= 0.6 is 0 Å². The highest BCUT2D eigenvalue weighted by Gasteiger charge is 2.77. The van der Waals surface area contributed by atoms with Crippen molar-refractivity contribution in [2.45, 2.75) is 187 Å². The lowest BCUT2D eigenvalue weighted by Crippen LogP contribution is -2.81. The molecule has 0 aromatic heterocycles. The molecule has 0 radical (unpaired) electrons. The summed E-state index contributed by atoms with van der Waals surface area (Å²) < 4.78 is 33.7. The summed E-state index contributed by atoms with van der Waals surface area (Å²) in [7, 11) is -7.38. The third-order valence-electron chi connectivity index (χ3n) is 13.6. The number of Topliss-reactive ketones (excluding diaryl/α,β-unsaturated/α-hetero) is 1. The maximum atomic E-state index is 16.1. The SMILES string of the molecule is CC(=O)O[C@H]1[C@@H]2[C@]3(O)CO[C@@H]3C[C@H](O[Si](C)(C)C(C)(C)C)[C@@]2(C)C(=O)[C@H](O[Si](C)(C)C(C)(C)C)C2=C(C)[C@@H](O[Si](C)(C)C)C[C@]1(O)C2(C)C. The molecule has 1 saturated heterocycles. The van der Waals surface area contributed by atoms with E-state index in [0.717, 1.165) is 5.57 Å². The number of fused-ring (bicyclic) bond motifs is 5. The van der Waals surface area contributed by atoms with E-state index in [9.17, 15) is 15.0 Å². The summed E-state index contributed by atoms with van der Waals surface area (Å²) in [6.07, 6.45) is -3.81. The largest absolute Gasteiger partial charge is 0.459 e. The molecule has 9 atom stereocenters. The maximum Gasteiger partial charge on any atom is 0.303 e. The fourth-order valence-electron chi connectivity index (χ4n) is 8.46. The summed E-state index contributed by atoms with van der Waals surface area (Å²) in [5, 5.41) is 25.8. The van der Waals surface area contributed by atoms with Crippen molar-refractivity contribution in [3.63, 3.8) is 0 Å². The van der Waals surface area contributed by atoms with Crippen LogP contribution < -0.4 is 0 Å². The van der Waals surface area contributed by atoms with Gasteiger partial charge in [-0.1, -0.05) is 55.4 Å². The second-order valence-electron chi connectivity index (χ2n) is 20.4. The molecule has 4 aliphatic rings. The molecule has 12 heteroatoms. The van der Waals surface area contributed by atoms with Gasteiger partial charge in [0.15, 0.2) is 30.7 Å². The van der Waals surface area contributed by atoms with E-state index in [1.54, 1.807) is 0 Å². The highest BCUT2D eigenvalue weighted by Crippen LogP contribution is 2.65. The lowest BCUT2D eigenvalue weighted by molar-refractivity contribution is -0.343. The Morgan fingerprint density at radius 1 is 0.878 bits per heavy atom. The number of carbonyl (C=O) groups excluding carboxylic acids is 2. The number of carbonyl (C=O) groups is 2. The molecule has 0 spiro atoms. The van der Waals surface area contributed by atoms with Gasteiger partial charge >= 0.3 is 5.97 Å². The Labute approximate surface area is 299 Å². The average molecular weight is 741 g/mol. The Bertz CT molecular complexity index is 1370. The van der Waals surface area contributed by atoms with Crippen LogP contribution in [0.15, 0.2) is 11.1 Å². The van der Waals surface area contributed by atoms with E-state index in [2.05, 4.69) is 87.4 Å². The van der Waals surface area contributed by atoms with Crippen LogP contribution in [0.3, 0.4) is 0 Å². The van der Waals surface area contributed by atoms with Crippen molar-refractivity contribution in [1.29, 1.82) is 0 Å². The molecule has 1 heterocycles. The molecule has 0 amide bonds. The normalized spacial score (nSPS) is 38.6. The molecule has 0 aromatic carbocycles. The molecule has 3 fully saturated rings. The number of aliphatic hydroxyl groups is 2. The lowest BCUT2D eigenvalue weighted by Gasteiger charge is -2.68. The van der Waals surface area contributed by atoms with Crippen molar-refractivity contribution >= 4 is 36.7 Å². The molecule has 2 bridgehead atoms. The smallest absolute Gasteiger partial charge is 0.303 e. The van der Waals surface area contributed by atoms with Crippen LogP contribution in [0.5, 0.6) is 0 Å². The average Bonchev–Trinajstić information content (AvgIpc) is 2.88. The second kappa shape index (κ2) is 12.2. The number of ether oxygens (including phenoxy) is 2. The van der Waals surface area contributed by atoms with E-state index in [-0.39, 0.29) is 28.9 Å². The Morgan fingerprint density at radius 2 is 1.39 bits per heavy atom. The van der Waals surface area contributed by atoms with Gasteiger partial charge in [-0.05, 0) is 80.9 Å². The molecule has 2 N–H and O–H groups in total. The van der Waals surface area contributed by atoms with Gasteiger partial charge in [0, 0.05) is 31.1 Å². The van der Waals surface area contributed by atoms with Crippen LogP contribution in [-0.2, 0) is 32.3 Å². The third-order valence-corrected chi connectivity index (χ3v) is 23.5. The zero-order valence-corrected chi connectivity index (χ0v) is 36.8. The van der Waals surface area contributed by atoms with E-state index in [1.807, 2.05) is 27.7 Å². The summed E-state index contributed by atoms with van der Waals surface area (Å²) in [6, 6.07) is 0. The first kappa shape index (κ1) is 41.1. The Balaban J connectivity index is 2.16. The third kappa shape index (κ3) is 6.49. The van der Waals surface area contributed by atoms with E-state index < -0.39 is 89.4 Å². The van der Waals surface area contributed by atoms with Gasteiger partial charge in [0.1, 0.15) is 23.4 Å². The molecule has 2 saturated carbocycles. The van der Waals surface area contributed by atoms with Gasteiger partial charge in [-0.2, -0.15) is 0 Å². The second-order valence-corrected chi connectivity index (χ2v) is 34.3. The van der Waals surface area contributed by atoms with Gasteiger partial charge in [-0.15, -0.1) is 0 Å². The minimum absolute atomic E-state index is 0.0450. The van der Waals surface area contributed by atoms with Crippen molar-refractivity contribution in [2.24, 2.45) is 16.7 Å². The first-order valence-electron chi connectivity index (χ1n) is 18.2. The first-order valence-corrected chi connectivity index (χ1v) is 27.4. The molecule has 0 unspecified atom stereocenters. The zero-order valence-electron chi connectivity index (χ0n) is 33.8. The van der Waals surface area contributed by atoms with E-state index in [4.69, 9.17) is 22.8 Å². The van der Waals surface area contributed by atoms with Gasteiger partial charge in [-0.3, -0.25) is 9.59 Å². The molecule has 9 nitrogen and oxygen atoms in total. The molecule has 0 aromatic rings. The molecule has 49 heavy (non-hydrogen) atoms. The number of esters is 1. The summed E-state index contributed by atoms with van der Waals surface area (Å²) in [4.78, 5) is 29.2. The summed E-state index contributed by atoms with van der Waals surface area (Å²) in [5.41, 5.74) is -4.31. The molecular weight excluding hydrogens is 673 g/mol. The monoisotopic (exact) mass is 740 g/mol. The predicted molar refractivity (Wildman–Crippen MR) is 200 cm³/mol. The van der Waals surface area contributed by atoms with Gasteiger partial charge in [0.2, 0.25) is 0 Å². The Kier molecular flexibility index (Phi) is 10.2. The molecule has 282 valence electrons. The lowest BCUT2D eigenvalue weighted by atomic mass is 9.45. The predicted octanol–water partition coefficient (Wildman–Crippen LogP) is 7.14. The van der Waals surface area contributed by atoms with Gasteiger partial charge < -0.3 is 33.0 Å². The maximum absolute atomic E-state index is 16.1. The Hall–Kier alpha value is -0.709.